The van der Waals surface area contributed by atoms with E-state index in [-0.39, 0.29) is 17.7 Å². The third-order valence-corrected chi connectivity index (χ3v) is 5.65. The zero-order valence-corrected chi connectivity index (χ0v) is 18.4. The Labute approximate surface area is 186 Å². The fourth-order valence-electron chi connectivity index (χ4n) is 3.08. The molecule has 2 aromatic rings. The maximum atomic E-state index is 13.0. The second kappa shape index (κ2) is 10.8. The van der Waals surface area contributed by atoms with Crippen LogP contribution in [0, 0.1) is 0 Å². The average molecular weight is 437 g/mol. The van der Waals surface area contributed by atoms with Gasteiger partial charge in [0.15, 0.2) is 5.78 Å². The molecule has 1 aliphatic heterocycles. The maximum absolute atomic E-state index is 13.0. The molecule has 0 bridgehead atoms. The Balaban J connectivity index is 1.75. The number of carbonyl (C=O) groups excluding carboxylic acids is 3. The Bertz CT molecular complexity index is 935. The van der Waals surface area contributed by atoms with Gasteiger partial charge in [0.2, 0.25) is 0 Å². The maximum Gasteiger partial charge on any atom is 0.338 e. The molecule has 2 aromatic carbocycles. The van der Waals surface area contributed by atoms with Crippen LogP contribution in [0.4, 0.5) is 0 Å². The van der Waals surface area contributed by atoms with Gasteiger partial charge in [0, 0.05) is 22.7 Å². The number of ether oxygens (including phenoxy) is 2. The summed E-state index contributed by atoms with van der Waals surface area (Å²) in [5, 5.41) is 0. The summed E-state index contributed by atoms with van der Waals surface area (Å²) in [5.74, 6) is 0.577. The molecule has 0 atom stereocenters. The number of benzene rings is 2. The average Bonchev–Trinajstić information content (AvgIpc) is 2.78. The fourth-order valence-corrected chi connectivity index (χ4v) is 4.06. The van der Waals surface area contributed by atoms with Crippen molar-refractivity contribution in [2.24, 2.45) is 0 Å². The summed E-state index contributed by atoms with van der Waals surface area (Å²) in [6.07, 6.45) is 3.72. The zero-order valence-electron chi connectivity index (χ0n) is 17.6. The summed E-state index contributed by atoms with van der Waals surface area (Å²) in [4.78, 5) is 36.5. The van der Waals surface area contributed by atoms with Crippen LogP contribution < -0.4 is 0 Å². The third kappa shape index (κ3) is 5.95. The molecule has 0 spiro atoms. The van der Waals surface area contributed by atoms with Crippen LogP contribution in [0.3, 0.4) is 0 Å². The summed E-state index contributed by atoms with van der Waals surface area (Å²) in [6, 6.07) is 14.0. The Kier molecular flexibility index (Phi) is 7.84. The predicted octanol–water partition coefficient (Wildman–Crippen LogP) is 4.82. The lowest BCUT2D eigenvalue weighted by Gasteiger charge is -2.16. The molecule has 1 aliphatic rings. The highest BCUT2D eigenvalue weighted by Crippen LogP contribution is 2.27. The molecule has 0 unspecified atom stereocenters. The van der Waals surface area contributed by atoms with Gasteiger partial charge in [-0.2, -0.15) is 11.8 Å². The highest BCUT2D eigenvalue weighted by molar-refractivity contribution is 7.99. The molecule has 1 fully saturated rings. The molecule has 0 aromatic heterocycles. The van der Waals surface area contributed by atoms with E-state index in [1.54, 1.807) is 49.9 Å². The van der Waals surface area contributed by atoms with Gasteiger partial charge in [0.05, 0.1) is 24.3 Å². The minimum Gasteiger partial charge on any atom is -0.462 e. The first-order valence-corrected chi connectivity index (χ1v) is 11.2. The molecule has 0 N–H and O–H groups in total. The summed E-state index contributed by atoms with van der Waals surface area (Å²) >= 11 is 1.68. The molecule has 0 saturated carbocycles. The number of ketones is 1. The zero-order chi connectivity index (χ0) is 22.2. The topological polar surface area (TPSA) is 69.7 Å². The van der Waals surface area contributed by atoms with Crippen LogP contribution in [-0.2, 0) is 14.3 Å². The number of rotatable bonds is 6. The van der Waals surface area contributed by atoms with E-state index in [2.05, 4.69) is 0 Å². The number of Topliss-reactive ketones (excluding diaryl/α,β-unsaturated/α-hetero) is 1. The molecule has 0 radical (unpaired) electrons. The van der Waals surface area contributed by atoms with Crippen LogP contribution in [0.5, 0.6) is 0 Å². The molecule has 5 nitrogen and oxygen atoms in total. The van der Waals surface area contributed by atoms with E-state index < -0.39 is 0 Å². The minimum absolute atomic E-state index is 0.0164. The van der Waals surface area contributed by atoms with Gasteiger partial charge in [-0.3, -0.25) is 4.79 Å². The van der Waals surface area contributed by atoms with Crippen molar-refractivity contribution in [3.8, 4) is 0 Å². The van der Waals surface area contributed by atoms with Crippen molar-refractivity contribution in [1.82, 2.24) is 0 Å². The predicted molar refractivity (Wildman–Crippen MR) is 123 cm³/mol. The van der Waals surface area contributed by atoms with E-state index in [1.165, 1.54) is 0 Å². The molecule has 3 rings (SSSR count). The van der Waals surface area contributed by atoms with Crippen molar-refractivity contribution in [3.05, 3.63) is 81.9 Å². The molecule has 31 heavy (non-hydrogen) atoms. The monoisotopic (exact) mass is 436 g/mol. The van der Waals surface area contributed by atoms with Crippen molar-refractivity contribution >= 4 is 41.6 Å². The minimum atomic E-state index is -0.356. The van der Waals surface area contributed by atoms with E-state index in [4.69, 9.17) is 9.47 Å². The van der Waals surface area contributed by atoms with E-state index in [9.17, 15) is 14.4 Å². The highest BCUT2D eigenvalue weighted by atomic mass is 32.2. The standard InChI is InChI=1S/C25H24O5S/c1-3-29-24(27)19-9-5-17(6-10-19)13-21-15-31-16-22(23(21)26)14-18-7-11-20(12-8-18)25(28)30-4-2/h5-14H,3-4,15-16H2,1-2H3/b21-13+,22-14+. The number of hydrogen-bond donors (Lipinski definition) is 0. The van der Waals surface area contributed by atoms with Crippen molar-refractivity contribution in [2.45, 2.75) is 13.8 Å². The first-order valence-electron chi connectivity index (χ1n) is 10.1. The lowest BCUT2D eigenvalue weighted by atomic mass is 10.00. The van der Waals surface area contributed by atoms with Crippen molar-refractivity contribution in [1.29, 1.82) is 0 Å². The van der Waals surface area contributed by atoms with Crippen LogP contribution in [0.15, 0.2) is 59.7 Å². The molecule has 0 aliphatic carbocycles. The summed E-state index contributed by atoms with van der Waals surface area (Å²) in [7, 11) is 0. The van der Waals surface area contributed by atoms with E-state index in [1.807, 2.05) is 36.4 Å². The van der Waals surface area contributed by atoms with Crippen molar-refractivity contribution in [2.75, 3.05) is 24.7 Å². The van der Waals surface area contributed by atoms with Gasteiger partial charge in [-0.1, -0.05) is 24.3 Å². The van der Waals surface area contributed by atoms with Gasteiger partial charge in [-0.05, 0) is 61.4 Å². The molecule has 0 amide bonds. The molecule has 6 heteroatoms. The van der Waals surface area contributed by atoms with E-state index >= 15 is 0 Å². The van der Waals surface area contributed by atoms with Gasteiger partial charge in [0.1, 0.15) is 0 Å². The quantitative estimate of drug-likeness (QED) is 0.478. The van der Waals surface area contributed by atoms with Gasteiger partial charge in [-0.25, -0.2) is 9.59 Å². The van der Waals surface area contributed by atoms with Gasteiger partial charge < -0.3 is 9.47 Å². The largest absolute Gasteiger partial charge is 0.462 e. The Morgan fingerprint density at radius 2 is 1.16 bits per heavy atom. The second-order valence-corrected chi connectivity index (χ2v) is 7.83. The Morgan fingerprint density at radius 1 is 0.774 bits per heavy atom. The molecule has 1 saturated heterocycles. The fraction of sp³-hybridized carbons (Fsp3) is 0.240. The Hall–Kier alpha value is -3.12. The normalized spacial score (nSPS) is 16.4. The number of thioether (sulfide) groups is 1. The van der Waals surface area contributed by atoms with Crippen molar-refractivity contribution < 1.29 is 23.9 Å². The van der Waals surface area contributed by atoms with Crippen molar-refractivity contribution in [3.63, 3.8) is 0 Å². The van der Waals surface area contributed by atoms with Crippen LogP contribution in [0.2, 0.25) is 0 Å². The second-order valence-electron chi connectivity index (χ2n) is 6.85. The molecule has 160 valence electrons. The first-order chi connectivity index (χ1) is 15.0. The highest BCUT2D eigenvalue weighted by Gasteiger charge is 2.21. The van der Waals surface area contributed by atoms with E-state index in [0.29, 0.717) is 35.8 Å². The number of hydrogen-bond acceptors (Lipinski definition) is 6. The van der Waals surface area contributed by atoms with Crippen LogP contribution in [0.1, 0.15) is 45.7 Å². The van der Waals surface area contributed by atoms with Crippen LogP contribution >= 0.6 is 11.8 Å². The van der Waals surface area contributed by atoms with E-state index in [0.717, 1.165) is 22.3 Å². The van der Waals surface area contributed by atoms with Gasteiger partial charge >= 0.3 is 11.9 Å². The van der Waals surface area contributed by atoms with Gasteiger partial charge in [-0.15, -0.1) is 0 Å². The van der Waals surface area contributed by atoms with Crippen LogP contribution in [-0.4, -0.2) is 42.4 Å². The smallest absolute Gasteiger partial charge is 0.338 e. The molecule has 1 heterocycles. The first kappa shape index (κ1) is 22.6. The summed E-state index contributed by atoms with van der Waals surface area (Å²) in [5.41, 5.74) is 4.12. The van der Waals surface area contributed by atoms with Gasteiger partial charge in [0.25, 0.3) is 0 Å². The summed E-state index contributed by atoms with van der Waals surface area (Å²) < 4.78 is 9.99. The third-order valence-electron chi connectivity index (χ3n) is 4.62. The molecular formula is C25H24O5S. The summed E-state index contributed by atoms with van der Waals surface area (Å²) in [6.45, 7) is 4.19. The van der Waals surface area contributed by atoms with Crippen LogP contribution in [0.25, 0.3) is 12.2 Å². The Morgan fingerprint density at radius 3 is 1.52 bits per heavy atom. The SMILES string of the molecule is CCOC(=O)c1ccc(/C=C2\CSC/C(=C\c3ccc(C(=O)OCC)cc3)C2=O)cc1. The number of carbonyl (C=O) groups is 3. The lowest BCUT2D eigenvalue weighted by Crippen LogP contribution is -2.16. The lowest BCUT2D eigenvalue weighted by molar-refractivity contribution is -0.112. The number of esters is 2. The molecular weight excluding hydrogens is 412 g/mol.